The van der Waals surface area contributed by atoms with E-state index in [4.69, 9.17) is 9.15 Å². The molecule has 1 aliphatic rings. The van der Waals surface area contributed by atoms with E-state index in [0.29, 0.717) is 25.6 Å². The van der Waals surface area contributed by atoms with Crippen LogP contribution in [-0.4, -0.2) is 48.5 Å². The zero-order valence-electron chi connectivity index (χ0n) is 15.2. The van der Waals surface area contributed by atoms with Crippen molar-refractivity contribution in [3.8, 4) is 0 Å². The molecule has 1 fully saturated rings. The van der Waals surface area contributed by atoms with Crippen molar-refractivity contribution in [2.75, 3.05) is 25.0 Å². The van der Waals surface area contributed by atoms with Crippen LogP contribution < -0.4 is 5.32 Å². The lowest BCUT2D eigenvalue weighted by molar-refractivity contribution is 0.0893. The summed E-state index contributed by atoms with van der Waals surface area (Å²) in [6.45, 7) is 4.96. The molecule has 1 aromatic carbocycles. The average Bonchev–Trinajstić information content (AvgIpc) is 3.34. The molecule has 1 aromatic heterocycles. The van der Waals surface area contributed by atoms with Crippen LogP contribution in [0.25, 0.3) is 0 Å². The van der Waals surface area contributed by atoms with Crippen LogP contribution in [0.4, 0.5) is 6.01 Å². The van der Waals surface area contributed by atoms with E-state index < -0.39 is 15.9 Å². The Balaban J connectivity index is 1.69. The number of aromatic nitrogens is 2. The molecule has 1 saturated heterocycles. The van der Waals surface area contributed by atoms with Gasteiger partial charge in [-0.15, -0.1) is 5.10 Å². The first-order valence-corrected chi connectivity index (χ1v) is 10.3. The van der Waals surface area contributed by atoms with Crippen LogP contribution in [0.15, 0.2) is 33.6 Å². The number of carbonyl (C=O) groups excluding carboxylic acids is 1. The minimum atomic E-state index is -3.56. The van der Waals surface area contributed by atoms with E-state index >= 15 is 0 Å². The summed E-state index contributed by atoms with van der Waals surface area (Å²) in [6.07, 6.45) is 1.50. The first-order chi connectivity index (χ1) is 13.0. The first-order valence-electron chi connectivity index (χ1n) is 8.82. The van der Waals surface area contributed by atoms with E-state index in [2.05, 4.69) is 15.5 Å². The maximum absolute atomic E-state index is 12.5. The molecule has 9 nitrogen and oxygen atoms in total. The van der Waals surface area contributed by atoms with Gasteiger partial charge in [0.2, 0.25) is 15.9 Å². The summed E-state index contributed by atoms with van der Waals surface area (Å²) in [6, 6.07) is 5.69. The van der Waals surface area contributed by atoms with Crippen molar-refractivity contribution in [1.29, 1.82) is 0 Å². The lowest BCUT2D eigenvalue weighted by atomic mass is 10.2. The minimum absolute atomic E-state index is 0.0228. The van der Waals surface area contributed by atoms with Crippen LogP contribution in [0.1, 0.15) is 49.0 Å². The van der Waals surface area contributed by atoms with Crippen molar-refractivity contribution < 1.29 is 22.4 Å². The summed E-state index contributed by atoms with van der Waals surface area (Å²) in [5.41, 5.74) is 0.283. The molecule has 1 N–H and O–H groups in total. The Hall–Kier alpha value is -2.30. The SMILES string of the molecule is CCN(CC)S(=O)(=O)c1ccc(C(=O)Nc2nnc([C@@H]3CCCO3)o2)cc1. The molecule has 0 spiro atoms. The van der Waals surface area contributed by atoms with Crippen LogP contribution in [0.5, 0.6) is 0 Å². The number of sulfonamides is 1. The maximum Gasteiger partial charge on any atom is 0.322 e. The highest BCUT2D eigenvalue weighted by Crippen LogP contribution is 2.28. The predicted molar refractivity (Wildman–Crippen MR) is 96.7 cm³/mol. The zero-order valence-corrected chi connectivity index (χ0v) is 16.0. The van der Waals surface area contributed by atoms with Crippen molar-refractivity contribution in [3.63, 3.8) is 0 Å². The number of amides is 1. The second-order valence-electron chi connectivity index (χ2n) is 6.01. The molecule has 2 heterocycles. The highest BCUT2D eigenvalue weighted by Gasteiger charge is 2.25. The van der Waals surface area contributed by atoms with Gasteiger partial charge in [0.1, 0.15) is 6.10 Å². The largest absolute Gasteiger partial charge is 0.405 e. The van der Waals surface area contributed by atoms with E-state index in [0.717, 1.165) is 12.8 Å². The molecule has 0 unspecified atom stereocenters. The van der Waals surface area contributed by atoms with Gasteiger partial charge in [0, 0.05) is 25.3 Å². The van der Waals surface area contributed by atoms with Crippen LogP contribution >= 0.6 is 0 Å². The van der Waals surface area contributed by atoms with Gasteiger partial charge in [-0.25, -0.2) is 8.42 Å². The third-order valence-corrected chi connectivity index (χ3v) is 6.39. The average molecular weight is 394 g/mol. The van der Waals surface area contributed by atoms with E-state index in [1.807, 2.05) is 0 Å². The van der Waals surface area contributed by atoms with Gasteiger partial charge in [-0.1, -0.05) is 18.9 Å². The van der Waals surface area contributed by atoms with Crippen molar-refractivity contribution in [3.05, 3.63) is 35.7 Å². The van der Waals surface area contributed by atoms with E-state index in [1.165, 1.54) is 28.6 Å². The number of ether oxygens (including phenoxy) is 1. The molecule has 2 aromatic rings. The fourth-order valence-electron chi connectivity index (χ4n) is 2.85. The van der Waals surface area contributed by atoms with Crippen LogP contribution in [0.2, 0.25) is 0 Å². The Labute approximate surface area is 157 Å². The number of benzene rings is 1. The van der Waals surface area contributed by atoms with Crippen LogP contribution in [0, 0.1) is 0 Å². The summed E-state index contributed by atoms with van der Waals surface area (Å²) >= 11 is 0. The predicted octanol–water partition coefficient (Wildman–Crippen LogP) is 2.20. The standard InChI is InChI=1S/C17H22N4O5S/c1-3-21(4-2)27(23,24)13-9-7-12(8-10-13)15(22)18-17-20-19-16(26-17)14-6-5-11-25-14/h7-10,14H,3-6,11H2,1-2H3,(H,18,20,22)/t14-/m0/s1. The van der Waals surface area contributed by atoms with Gasteiger partial charge in [0.05, 0.1) is 4.90 Å². The first kappa shape index (κ1) is 19.5. The van der Waals surface area contributed by atoms with Crippen molar-refractivity contribution >= 4 is 21.9 Å². The van der Waals surface area contributed by atoms with Crippen LogP contribution in [-0.2, 0) is 14.8 Å². The number of carbonyl (C=O) groups is 1. The normalized spacial score (nSPS) is 17.4. The highest BCUT2D eigenvalue weighted by molar-refractivity contribution is 7.89. The van der Waals surface area contributed by atoms with Gasteiger partial charge in [-0.2, -0.15) is 4.31 Å². The molecular formula is C17H22N4O5S. The molecule has 1 atom stereocenters. The number of nitrogens with zero attached hydrogens (tertiary/aromatic N) is 3. The second-order valence-corrected chi connectivity index (χ2v) is 7.95. The monoisotopic (exact) mass is 394 g/mol. The molecule has 0 saturated carbocycles. The Morgan fingerprint density at radius 1 is 1.22 bits per heavy atom. The molecule has 27 heavy (non-hydrogen) atoms. The molecule has 1 aliphatic heterocycles. The van der Waals surface area contributed by atoms with E-state index in [-0.39, 0.29) is 22.6 Å². The third kappa shape index (κ3) is 4.18. The number of hydrogen-bond acceptors (Lipinski definition) is 7. The number of anilines is 1. The Morgan fingerprint density at radius 3 is 2.52 bits per heavy atom. The minimum Gasteiger partial charge on any atom is -0.405 e. The zero-order chi connectivity index (χ0) is 19.4. The van der Waals surface area contributed by atoms with Crippen molar-refractivity contribution in [1.82, 2.24) is 14.5 Å². The van der Waals surface area contributed by atoms with Crippen molar-refractivity contribution in [2.45, 2.75) is 37.7 Å². The summed E-state index contributed by atoms with van der Waals surface area (Å²) in [7, 11) is -3.56. The summed E-state index contributed by atoms with van der Waals surface area (Å²) in [5.74, 6) is -0.132. The Bertz CT molecular complexity index is 884. The Kier molecular flexibility index (Phi) is 5.88. The third-order valence-electron chi connectivity index (χ3n) is 4.33. The summed E-state index contributed by atoms with van der Waals surface area (Å²) in [4.78, 5) is 12.5. The smallest absolute Gasteiger partial charge is 0.322 e. The molecule has 0 aliphatic carbocycles. The van der Waals surface area contributed by atoms with Crippen LogP contribution in [0.3, 0.4) is 0 Å². The molecule has 10 heteroatoms. The quantitative estimate of drug-likeness (QED) is 0.765. The molecule has 0 bridgehead atoms. The fourth-order valence-corrected chi connectivity index (χ4v) is 4.31. The molecule has 146 valence electrons. The fraction of sp³-hybridized carbons (Fsp3) is 0.471. The number of hydrogen-bond donors (Lipinski definition) is 1. The maximum atomic E-state index is 12.5. The molecule has 1 amide bonds. The van der Waals surface area contributed by atoms with Gasteiger partial charge in [0.25, 0.3) is 5.91 Å². The Morgan fingerprint density at radius 2 is 1.93 bits per heavy atom. The van der Waals surface area contributed by atoms with Gasteiger partial charge < -0.3 is 9.15 Å². The molecular weight excluding hydrogens is 372 g/mol. The highest BCUT2D eigenvalue weighted by atomic mass is 32.2. The second kappa shape index (κ2) is 8.15. The topological polar surface area (TPSA) is 115 Å². The van der Waals surface area contributed by atoms with Gasteiger partial charge in [-0.3, -0.25) is 10.1 Å². The van der Waals surface area contributed by atoms with Gasteiger partial charge in [-0.05, 0) is 37.1 Å². The van der Waals surface area contributed by atoms with Gasteiger partial charge >= 0.3 is 6.01 Å². The number of rotatable bonds is 7. The van der Waals surface area contributed by atoms with E-state index in [9.17, 15) is 13.2 Å². The van der Waals surface area contributed by atoms with E-state index in [1.54, 1.807) is 13.8 Å². The summed E-state index contributed by atoms with van der Waals surface area (Å²) < 4.78 is 37.2. The molecule has 0 radical (unpaired) electrons. The lowest BCUT2D eigenvalue weighted by Crippen LogP contribution is -2.30. The van der Waals surface area contributed by atoms with Gasteiger partial charge in [0.15, 0.2) is 0 Å². The van der Waals surface area contributed by atoms with Crippen molar-refractivity contribution in [2.24, 2.45) is 0 Å². The number of nitrogens with one attached hydrogen (secondary N) is 1. The summed E-state index contributed by atoms with van der Waals surface area (Å²) in [5, 5.41) is 10.2. The molecule has 3 rings (SSSR count). The lowest BCUT2D eigenvalue weighted by Gasteiger charge is -2.18.